The van der Waals surface area contributed by atoms with E-state index < -0.39 is 24.0 Å². The zero-order valence-electron chi connectivity index (χ0n) is 19.9. The largest absolute Gasteiger partial charge is 0.481 e. The summed E-state index contributed by atoms with van der Waals surface area (Å²) in [7, 11) is 0. The number of nitrogens with one attached hydrogen (secondary N) is 2. The zero-order valence-corrected chi connectivity index (χ0v) is 20.7. The molecule has 2 aromatic carbocycles. The number of carbonyl (C=O) groups is 3. The first-order chi connectivity index (χ1) is 17.0. The minimum atomic E-state index is -0.820. The molecule has 2 aromatic rings. The summed E-state index contributed by atoms with van der Waals surface area (Å²) in [6, 6.07) is 15.3. The number of alkyl carbamates (subject to hydrolysis) is 1. The topological polar surface area (TPSA) is 105 Å². The molecule has 0 heterocycles. The van der Waals surface area contributed by atoms with E-state index in [9.17, 15) is 19.5 Å². The van der Waals surface area contributed by atoms with Crippen LogP contribution in [-0.2, 0) is 14.3 Å². The summed E-state index contributed by atoms with van der Waals surface area (Å²) in [5.74, 6) is -0.900. The summed E-state index contributed by atoms with van der Waals surface area (Å²) >= 11 is 1.59. The van der Waals surface area contributed by atoms with Gasteiger partial charge in [0.25, 0.3) is 0 Å². The predicted molar refractivity (Wildman–Crippen MR) is 137 cm³/mol. The smallest absolute Gasteiger partial charge is 0.407 e. The summed E-state index contributed by atoms with van der Waals surface area (Å²) in [5, 5.41) is 15.0. The summed E-state index contributed by atoms with van der Waals surface area (Å²) in [5.41, 5.74) is 4.56. The van der Waals surface area contributed by atoms with Gasteiger partial charge in [0.05, 0.1) is 5.92 Å². The molecule has 0 unspecified atom stereocenters. The van der Waals surface area contributed by atoms with Gasteiger partial charge in [-0.3, -0.25) is 9.59 Å². The van der Waals surface area contributed by atoms with Crippen LogP contribution in [-0.4, -0.2) is 53.8 Å². The highest BCUT2D eigenvalue weighted by atomic mass is 32.2. The molecule has 8 heteroatoms. The molecule has 0 aromatic heterocycles. The molecule has 7 nitrogen and oxygen atoms in total. The molecule has 2 aliphatic rings. The van der Waals surface area contributed by atoms with Crippen molar-refractivity contribution in [2.45, 2.75) is 50.1 Å². The van der Waals surface area contributed by atoms with E-state index in [0.29, 0.717) is 25.0 Å². The zero-order chi connectivity index (χ0) is 24.8. The van der Waals surface area contributed by atoms with Crippen LogP contribution < -0.4 is 10.6 Å². The molecule has 3 atom stereocenters. The van der Waals surface area contributed by atoms with Crippen LogP contribution in [0.15, 0.2) is 48.5 Å². The van der Waals surface area contributed by atoms with Crippen LogP contribution in [0.5, 0.6) is 0 Å². The van der Waals surface area contributed by atoms with Crippen molar-refractivity contribution < 1.29 is 24.2 Å². The summed E-state index contributed by atoms with van der Waals surface area (Å²) in [4.78, 5) is 37.1. The van der Waals surface area contributed by atoms with Crippen molar-refractivity contribution in [1.82, 2.24) is 10.6 Å². The van der Waals surface area contributed by atoms with Crippen molar-refractivity contribution in [2.75, 3.05) is 18.6 Å². The van der Waals surface area contributed by atoms with Crippen molar-refractivity contribution >= 4 is 29.7 Å². The van der Waals surface area contributed by atoms with Crippen molar-refractivity contribution in [2.24, 2.45) is 5.92 Å². The maximum Gasteiger partial charge on any atom is 0.407 e. The summed E-state index contributed by atoms with van der Waals surface area (Å²) in [6.07, 6.45) is 4.34. The molecule has 0 bridgehead atoms. The molecule has 0 saturated heterocycles. The molecule has 3 N–H and O–H groups in total. The van der Waals surface area contributed by atoms with Crippen molar-refractivity contribution in [3.63, 3.8) is 0 Å². The number of thioether (sulfide) groups is 1. The molecule has 0 radical (unpaired) electrons. The minimum absolute atomic E-state index is 0.0539. The van der Waals surface area contributed by atoms with Crippen LogP contribution >= 0.6 is 11.8 Å². The third-order valence-electron chi connectivity index (χ3n) is 6.93. The molecule has 0 aliphatic heterocycles. The molecule has 1 fully saturated rings. The van der Waals surface area contributed by atoms with E-state index in [4.69, 9.17) is 4.74 Å². The lowest BCUT2D eigenvalue weighted by atomic mass is 9.85. The minimum Gasteiger partial charge on any atom is -0.481 e. The first kappa shape index (κ1) is 25.1. The van der Waals surface area contributed by atoms with Crippen molar-refractivity contribution in [1.29, 1.82) is 0 Å². The number of hydrogen-bond acceptors (Lipinski definition) is 5. The number of carboxylic acids is 1. The molecule has 186 valence electrons. The highest BCUT2D eigenvalue weighted by molar-refractivity contribution is 7.98. The summed E-state index contributed by atoms with van der Waals surface area (Å²) in [6.45, 7) is 0.180. The monoisotopic (exact) mass is 496 g/mol. The lowest BCUT2D eigenvalue weighted by Gasteiger charge is -2.29. The molecule has 35 heavy (non-hydrogen) atoms. The maximum absolute atomic E-state index is 13.0. The van der Waals surface area contributed by atoms with Gasteiger partial charge in [0.2, 0.25) is 5.91 Å². The SMILES string of the molecule is CSCC[C@@H](NC(=O)OCC1c2ccccc2-c2ccccc21)C(=O)N[C@@H]1CCC[C@@H](C(=O)O)C1. The van der Waals surface area contributed by atoms with E-state index >= 15 is 0 Å². The number of ether oxygens (including phenoxy) is 1. The Labute approximate surface area is 210 Å². The average molecular weight is 497 g/mol. The lowest BCUT2D eigenvalue weighted by molar-refractivity contribution is -0.143. The Hall–Kier alpha value is -3.00. The first-order valence-corrected chi connectivity index (χ1v) is 13.5. The van der Waals surface area contributed by atoms with Crippen LogP contribution in [0.3, 0.4) is 0 Å². The molecule has 0 spiro atoms. The second kappa shape index (κ2) is 11.6. The fraction of sp³-hybridized carbons (Fsp3) is 0.444. The van der Waals surface area contributed by atoms with Gasteiger partial charge in [-0.05, 0) is 59.9 Å². The van der Waals surface area contributed by atoms with Gasteiger partial charge in [-0.2, -0.15) is 11.8 Å². The van der Waals surface area contributed by atoms with Crippen LogP contribution in [0, 0.1) is 5.92 Å². The Balaban J connectivity index is 1.36. The second-order valence-corrected chi connectivity index (χ2v) is 10.2. The van der Waals surface area contributed by atoms with E-state index in [-0.39, 0.29) is 24.5 Å². The van der Waals surface area contributed by atoms with Gasteiger partial charge >= 0.3 is 12.1 Å². The molecule has 2 aliphatic carbocycles. The third-order valence-corrected chi connectivity index (χ3v) is 7.58. The fourth-order valence-corrected chi connectivity index (χ4v) is 5.61. The molecular weight excluding hydrogens is 464 g/mol. The Morgan fingerprint density at radius 1 is 1.06 bits per heavy atom. The summed E-state index contributed by atoms with van der Waals surface area (Å²) < 4.78 is 5.62. The predicted octanol–water partition coefficient (Wildman–Crippen LogP) is 4.41. The number of carboxylic acid groups (broad SMARTS) is 1. The molecule has 4 rings (SSSR count). The van der Waals surface area contributed by atoms with E-state index in [0.717, 1.165) is 35.1 Å². The van der Waals surface area contributed by atoms with Gasteiger partial charge in [-0.25, -0.2) is 4.79 Å². The highest BCUT2D eigenvalue weighted by Gasteiger charge is 2.32. The van der Waals surface area contributed by atoms with Crippen molar-refractivity contribution in [3.05, 3.63) is 59.7 Å². The fourth-order valence-electron chi connectivity index (χ4n) is 5.13. The normalized spacial score (nSPS) is 19.8. The van der Waals surface area contributed by atoms with Crippen LogP contribution in [0.1, 0.15) is 49.1 Å². The van der Waals surface area contributed by atoms with E-state index in [2.05, 4.69) is 34.9 Å². The van der Waals surface area contributed by atoms with Gasteiger partial charge in [-0.15, -0.1) is 0 Å². The Bertz CT molecular complexity index is 1030. The Kier molecular flexibility index (Phi) is 8.33. The van der Waals surface area contributed by atoms with Gasteiger partial charge in [-0.1, -0.05) is 55.0 Å². The van der Waals surface area contributed by atoms with Crippen LogP contribution in [0.25, 0.3) is 11.1 Å². The standard InChI is InChI=1S/C27H32N2O5S/c1-35-14-13-24(25(30)28-18-8-6-7-17(15-18)26(31)32)29-27(33)34-16-23-21-11-4-2-9-19(21)20-10-3-5-12-22(20)23/h2-5,9-12,17-18,23-24H,6-8,13-16H2,1H3,(H,28,30)(H,29,33)(H,31,32)/t17-,18-,24-/m1/s1. The molecule has 1 saturated carbocycles. The third kappa shape index (κ3) is 5.99. The van der Waals surface area contributed by atoms with Crippen LogP contribution in [0.2, 0.25) is 0 Å². The van der Waals surface area contributed by atoms with Crippen molar-refractivity contribution in [3.8, 4) is 11.1 Å². The quantitative estimate of drug-likeness (QED) is 0.475. The number of benzene rings is 2. The number of amides is 2. The Morgan fingerprint density at radius 3 is 2.34 bits per heavy atom. The first-order valence-electron chi connectivity index (χ1n) is 12.1. The number of fused-ring (bicyclic) bond motifs is 3. The lowest BCUT2D eigenvalue weighted by Crippen LogP contribution is -2.51. The van der Waals surface area contributed by atoms with Gasteiger partial charge < -0.3 is 20.5 Å². The Morgan fingerprint density at radius 2 is 1.71 bits per heavy atom. The number of hydrogen-bond donors (Lipinski definition) is 3. The average Bonchev–Trinajstić information content (AvgIpc) is 3.19. The van der Waals surface area contributed by atoms with E-state index in [1.807, 2.05) is 30.5 Å². The van der Waals surface area contributed by atoms with Gasteiger partial charge in [0, 0.05) is 12.0 Å². The highest BCUT2D eigenvalue weighted by Crippen LogP contribution is 2.44. The van der Waals surface area contributed by atoms with E-state index in [1.165, 1.54) is 0 Å². The second-order valence-electron chi connectivity index (χ2n) is 9.21. The van der Waals surface area contributed by atoms with E-state index in [1.54, 1.807) is 11.8 Å². The van der Waals surface area contributed by atoms with Gasteiger partial charge in [0.15, 0.2) is 0 Å². The molecule has 2 amide bonds. The van der Waals surface area contributed by atoms with Crippen LogP contribution in [0.4, 0.5) is 4.79 Å². The van der Waals surface area contributed by atoms with Gasteiger partial charge in [0.1, 0.15) is 12.6 Å². The number of rotatable bonds is 9. The number of carbonyl (C=O) groups excluding carboxylic acids is 2. The molecular formula is C27H32N2O5S. The number of aliphatic carboxylic acids is 1. The maximum atomic E-state index is 13.0.